The van der Waals surface area contributed by atoms with Gasteiger partial charge >= 0.3 is 0 Å². The van der Waals surface area contributed by atoms with Crippen molar-refractivity contribution in [1.82, 2.24) is 5.32 Å². The summed E-state index contributed by atoms with van der Waals surface area (Å²) in [7, 11) is 0. The minimum Gasteiger partial charge on any atom is -0.398 e. The number of hydrogen-bond acceptors (Lipinski definition) is 2. The van der Waals surface area contributed by atoms with Crippen molar-refractivity contribution in [2.75, 3.05) is 5.73 Å². The number of halogens is 2. The van der Waals surface area contributed by atoms with Crippen molar-refractivity contribution in [3.63, 3.8) is 0 Å². The van der Waals surface area contributed by atoms with Gasteiger partial charge in [0.05, 0.1) is 11.6 Å². The number of rotatable bonds is 4. The second kappa shape index (κ2) is 6.72. The fourth-order valence-electron chi connectivity index (χ4n) is 2.09. The Morgan fingerprint density at radius 3 is 2.52 bits per heavy atom. The molecule has 1 amide bonds. The van der Waals surface area contributed by atoms with Gasteiger partial charge in [0.2, 0.25) is 0 Å². The molecule has 2 aromatic rings. The zero-order valence-electron chi connectivity index (χ0n) is 11.6. The molecule has 3 nitrogen and oxygen atoms in total. The molecule has 0 bridgehead atoms. The molecule has 3 N–H and O–H groups in total. The van der Waals surface area contributed by atoms with Gasteiger partial charge in [-0.3, -0.25) is 4.79 Å². The fraction of sp³-hybridized carbons (Fsp3) is 0.188. The molecular formula is C16H16BrFN2O. The summed E-state index contributed by atoms with van der Waals surface area (Å²) in [6.45, 7) is 1.99. The molecule has 1 unspecified atom stereocenters. The highest BCUT2D eigenvalue weighted by Crippen LogP contribution is 2.21. The van der Waals surface area contributed by atoms with Gasteiger partial charge in [0.15, 0.2) is 0 Å². The molecule has 110 valence electrons. The van der Waals surface area contributed by atoms with Gasteiger partial charge in [0.25, 0.3) is 5.91 Å². The number of hydrogen-bond donors (Lipinski definition) is 2. The molecule has 0 heterocycles. The second-order valence-corrected chi connectivity index (χ2v) is 5.63. The van der Waals surface area contributed by atoms with Gasteiger partial charge in [-0.2, -0.15) is 0 Å². The third-order valence-electron chi connectivity index (χ3n) is 3.24. The molecule has 5 heteroatoms. The van der Waals surface area contributed by atoms with E-state index in [-0.39, 0.29) is 23.2 Å². The standard InChI is InChI=1S/C16H16BrFN2O/c1-2-15(10-3-5-11(17)6-4-10)20-16(21)13-8-7-12(18)9-14(13)19/h3-9,15H,2,19H2,1H3,(H,20,21). The van der Waals surface area contributed by atoms with Gasteiger partial charge in [-0.05, 0) is 42.3 Å². The SMILES string of the molecule is CCC(NC(=O)c1ccc(F)cc1N)c1ccc(Br)cc1. The number of carbonyl (C=O) groups excluding carboxylic acids is 1. The summed E-state index contributed by atoms with van der Waals surface area (Å²) >= 11 is 3.38. The van der Waals surface area contributed by atoms with Crippen LogP contribution in [0.15, 0.2) is 46.9 Å². The van der Waals surface area contributed by atoms with Gasteiger partial charge < -0.3 is 11.1 Å². The Bertz CT molecular complexity index is 643. The van der Waals surface area contributed by atoms with E-state index in [9.17, 15) is 9.18 Å². The normalized spacial score (nSPS) is 12.0. The molecule has 0 radical (unpaired) electrons. The van der Waals surface area contributed by atoms with Gasteiger partial charge in [0.1, 0.15) is 5.82 Å². The minimum atomic E-state index is -0.455. The number of carbonyl (C=O) groups is 1. The summed E-state index contributed by atoms with van der Waals surface area (Å²) in [6, 6.07) is 11.4. The monoisotopic (exact) mass is 350 g/mol. The molecule has 0 aliphatic heterocycles. The van der Waals surface area contributed by atoms with Crippen molar-refractivity contribution in [2.24, 2.45) is 0 Å². The first-order valence-corrected chi connectivity index (χ1v) is 7.42. The lowest BCUT2D eigenvalue weighted by atomic mass is 10.0. The summed E-state index contributed by atoms with van der Waals surface area (Å²) in [5, 5.41) is 2.92. The van der Waals surface area contributed by atoms with Crippen LogP contribution < -0.4 is 11.1 Å². The number of anilines is 1. The molecule has 0 saturated heterocycles. The van der Waals surface area contributed by atoms with E-state index in [1.54, 1.807) is 0 Å². The Labute approximate surface area is 131 Å². The second-order valence-electron chi connectivity index (χ2n) is 4.72. The number of nitrogens with two attached hydrogens (primary N) is 1. The third kappa shape index (κ3) is 3.82. The molecule has 21 heavy (non-hydrogen) atoms. The van der Waals surface area contributed by atoms with Crippen molar-refractivity contribution in [1.29, 1.82) is 0 Å². The smallest absolute Gasteiger partial charge is 0.253 e. The van der Waals surface area contributed by atoms with E-state index < -0.39 is 5.82 Å². The third-order valence-corrected chi connectivity index (χ3v) is 3.77. The lowest BCUT2D eigenvalue weighted by Gasteiger charge is -2.18. The Hall–Kier alpha value is -1.88. The van der Waals surface area contributed by atoms with Crippen molar-refractivity contribution < 1.29 is 9.18 Å². The highest BCUT2D eigenvalue weighted by atomic mass is 79.9. The van der Waals surface area contributed by atoms with Crippen LogP contribution >= 0.6 is 15.9 Å². The zero-order chi connectivity index (χ0) is 15.4. The van der Waals surface area contributed by atoms with Crippen LogP contribution in [0, 0.1) is 5.82 Å². The maximum absolute atomic E-state index is 13.0. The van der Waals surface area contributed by atoms with Crippen LogP contribution in [0.2, 0.25) is 0 Å². The number of benzene rings is 2. The van der Waals surface area contributed by atoms with E-state index in [1.807, 2.05) is 31.2 Å². The molecule has 0 aliphatic rings. The first-order chi connectivity index (χ1) is 10.0. The lowest BCUT2D eigenvalue weighted by molar-refractivity contribution is 0.0936. The zero-order valence-corrected chi connectivity index (χ0v) is 13.2. The predicted molar refractivity (Wildman–Crippen MR) is 85.5 cm³/mol. The van der Waals surface area contributed by atoms with E-state index >= 15 is 0 Å². The van der Waals surface area contributed by atoms with E-state index in [4.69, 9.17) is 5.73 Å². The van der Waals surface area contributed by atoms with Crippen LogP contribution in [0.25, 0.3) is 0 Å². The molecule has 2 rings (SSSR count). The van der Waals surface area contributed by atoms with Gasteiger partial charge in [0, 0.05) is 10.2 Å². The van der Waals surface area contributed by atoms with Crippen LogP contribution in [0.1, 0.15) is 35.3 Å². The maximum atomic E-state index is 13.0. The number of amides is 1. The van der Waals surface area contributed by atoms with Gasteiger partial charge in [-0.1, -0.05) is 35.0 Å². The summed E-state index contributed by atoms with van der Waals surface area (Å²) in [5.74, 6) is -0.758. The van der Waals surface area contributed by atoms with Gasteiger partial charge in [-0.15, -0.1) is 0 Å². The van der Waals surface area contributed by atoms with Crippen LogP contribution in [0.3, 0.4) is 0 Å². The van der Waals surface area contributed by atoms with Crippen molar-refractivity contribution >= 4 is 27.5 Å². The summed E-state index contributed by atoms with van der Waals surface area (Å²) < 4.78 is 14.0. The Balaban J connectivity index is 2.18. The molecule has 2 aromatic carbocycles. The number of nitrogen functional groups attached to an aromatic ring is 1. The fourth-order valence-corrected chi connectivity index (χ4v) is 2.36. The average Bonchev–Trinajstić information content (AvgIpc) is 2.45. The summed E-state index contributed by atoms with van der Waals surface area (Å²) in [6.07, 6.45) is 0.745. The van der Waals surface area contributed by atoms with E-state index in [0.717, 1.165) is 22.5 Å². The highest BCUT2D eigenvalue weighted by molar-refractivity contribution is 9.10. The van der Waals surface area contributed by atoms with Crippen LogP contribution in [0.4, 0.5) is 10.1 Å². The van der Waals surface area contributed by atoms with E-state index in [0.29, 0.717) is 0 Å². The highest BCUT2D eigenvalue weighted by Gasteiger charge is 2.16. The van der Waals surface area contributed by atoms with Crippen molar-refractivity contribution in [2.45, 2.75) is 19.4 Å². The molecule has 0 aromatic heterocycles. The lowest BCUT2D eigenvalue weighted by Crippen LogP contribution is -2.28. The molecule has 0 fully saturated rings. The summed E-state index contributed by atoms with van der Waals surface area (Å²) in [5.41, 5.74) is 7.12. The van der Waals surface area contributed by atoms with Crippen LogP contribution in [-0.4, -0.2) is 5.91 Å². The molecule has 0 spiro atoms. The topological polar surface area (TPSA) is 55.1 Å². The van der Waals surface area contributed by atoms with Crippen molar-refractivity contribution in [3.05, 3.63) is 63.9 Å². The molecule has 0 aliphatic carbocycles. The van der Waals surface area contributed by atoms with E-state index in [1.165, 1.54) is 12.1 Å². The maximum Gasteiger partial charge on any atom is 0.253 e. The predicted octanol–water partition coefficient (Wildman–Crippen LogP) is 4.05. The first-order valence-electron chi connectivity index (χ1n) is 6.62. The minimum absolute atomic E-state index is 0.116. The quantitative estimate of drug-likeness (QED) is 0.817. The average molecular weight is 351 g/mol. The van der Waals surface area contributed by atoms with Crippen LogP contribution in [0.5, 0.6) is 0 Å². The van der Waals surface area contributed by atoms with Crippen molar-refractivity contribution in [3.8, 4) is 0 Å². The largest absolute Gasteiger partial charge is 0.398 e. The van der Waals surface area contributed by atoms with E-state index in [2.05, 4.69) is 21.2 Å². The number of nitrogens with one attached hydrogen (secondary N) is 1. The molecular weight excluding hydrogens is 335 g/mol. The first kappa shape index (κ1) is 15.5. The molecule has 0 saturated carbocycles. The molecule has 1 atom stereocenters. The Morgan fingerprint density at radius 2 is 1.95 bits per heavy atom. The van der Waals surface area contributed by atoms with Gasteiger partial charge in [-0.25, -0.2) is 4.39 Å². The van der Waals surface area contributed by atoms with Crippen LogP contribution in [-0.2, 0) is 0 Å². The Morgan fingerprint density at radius 1 is 1.29 bits per heavy atom. The summed E-state index contributed by atoms with van der Waals surface area (Å²) in [4.78, 5) is 12.3. The Kier molecular flexibility index (Phi) is 4.96.